The van der Waals surface area contributed by atoms with E-state index in [1.807, 2.05) is 30.0 Å². The van der Waals surface area contributed by atoms with Gasteiger partial charge in [0.15, 0.2) is 0 Å². The highest BCUT2D eigenvalue weighted by atomic mass is 35.5. The van der Waals surface area contributed by atoms with Gasteiger partial charge in [-0.2, -0.15) is 11.8 Å². The molecule has 98 valence electrons. The fraction of sp³-hybridized carbons (Fsp3) is 0.462. The van der Waals surface area contributed by atoms with Crippen LogP contribution in [0.15, 0.2) is 18.2 Å². The van der Waals surface area contributed by atoms with Gasteiger partial charge in [-0.3, -0.25) is 4.90 Å². The topological polar surface area (TPSA) is 29.3 Å². The normalized spacial score (nSPS) is 20.9. The fourth-order valence-corrected chi connectivity index (χ4v) is 3.55. The second-order valence-corrected chi connectivity index (χ2v) is 6.98. The van der Waals surface area contributed by atoms with E-state index in [1.54, 1.807) is 0 Å². The van der Waals surface area contributed by atoms with Crippen molar-refractivity contribution in [1.29, 1.82) is 0 Å². The summed E-state index contributed by atoms with van der Waals surface area (Å²) in [4.78, 5) is 2.84. The first-order valence-electron chi connectivity index (χ1n) is 5.98. The number of nitrogens with zero attached hydrogens (tertiary/aromatic N) is 1. The molecule has 5 heteroatoms. The summed E-state index contributed by atoms with van der Waals surface area (Å²) < 4.78 is 0. The molecule has 2 nitrogen and oxygen atoms in total. The Kier molecular flexibility index (Phi) is 4.90. The Morgan fingerprint density at radius 3 is 3.00 bits per heavy atom. The summed E-state index contributed by atoms with van der Waals surface area (Å²) >= 11 is 13.3. The Labute approximate surface area is 123 Å². The molecule has 0 radical (unpaired) electrons. The molecule has 1 aliphatic rings. The molecule has 0 saturated carbocycles. The lowest BCUT2D eigenvalue weighted by Crippen LogP contribution is -2.36. The predicted molar refractivity (Wildman–Crippen MR) is 84.5 cm³/mol. The van der Waals surface area contributed by atoms with E-state index in [-0.39, 0.29) is 0 Å². The van der Waals surface area contributed by atoms with Crippen LogP contribution in [0.4, 0.5) is 0 Å². The Hall–Kier alpha value is -0.290. The third kappa shape index (κ3) is 3.60. The third-order valence-electron chi connectivity index (χ3n) is 3.06. The molecule has 0 amide bonds. The molecule has 0 bridgehead atoms. The smallest absolute Gasteiger partial charge is 0.104 e. The minimum Gasteiger partial charge on any atom is -0.389 e. The summed E-state index contributed by atoms with van der Waals surface area (Å²) in [7, 11) is 0. The maximum Gasteiger partial charge on any atom is 0.104 e. The average Bonchev–Trinajstić information content (AvgIpc) is 2.31. The SMILES string of the molecule is CC1CN(Cc2ccc(C(N)=S)cc2Cl)CCS1. The molecule has 2 N–H and O–H groups in total. The number of thioether (sulfide) groups is 1. The number of hydrogen-bond acceptors (Lipinski definition) is 3. The zero-order chi connectivity index (χ0) is 13.1. The first-order valence-corrected chi connectivity index (χ1v) is 7.82. The predicted octanol–water partition coefficient (Wildman–Crippen LogP) is 2.91. The molecule has 0 aliphatic carbocycles. The van der Waals surface area contributed by atoms with Gasteiger partial charge in [0.1, 0.15) is 4.99 Å². The van der Waals surface area contributed by atoms with Gasteiger partial charge in [-0.25, -0.2) is 0 Å². The summed E-state index contributed by atoms with van der Waals surface area (Å²) in [5.74, 6) is 1.20. The van der Waals surface area contributed by atoms with Crippen molar-refractivity contribution in [2.24, 2.45) is 5.73 Å². The highest BCUT2D eigenvalue weighted by Gasteiger charge is 2.17. The van der Waals surface area contributed by atoms with Gasteiger partial charge in [0.25, 0.3) is 0 Å². The zero-order valence-electron chi connectivity index (χ0n) is 10.4. The van der Waals surface area contributed by atoms with E-state index < -0.39 is 0 Å². The Balaban J connectivity index is 2.07. The molecule has 1 saturated heterocycles. The van der Waals surface area contributed by atoms with Crippen molar-refractivity contribution in [2.75, 3.05) is 18.8 Å². The van der Waals surface area contributed by atoms with Crippen LogP contribution in [0.3, 0.4) is 0 Å². The third-order valence-corrected chi connectivity index (χ3v) is 4.78. The van der Waals surface area contributed by atoms with Crippen LogP contribution in [-0.4, -0.2) is 34.0 Å². The van der Waals surface area contributed by atoms with Gasteiger partial charge in [0.2, 0.25) is 0 Å². The fourth-order valence-electron chi connectivity index (χ4n) is 2.10. The van der Waals surface area contributed by atoms with Crippen molar-refractivity contribution in [3.63, 3.8) is 0 Å². The van der Waals surface area contributed by atoms with Crippen molar-refractivity contribution in [1.82, 2.24) is 4.90 Å². The second kappa shape index (κ2) is 6.24. The second-order valence-electron chi connectivity index (χ2n) is 4.59. The number of thiocarbonyl (C=S) groups is 1. The zero-order valence-corrected chi connectivity index (χ0v) is 12.7. The van der Waals surface area contributed by atoms with E-state index >= 15 is 0 Å². The van der Waals surface area contributed by atoms with Gasteiger partial charge in [-0.05, 0) is 11.6 Å². The summed E-state index contributed by atoms with van der Waals surface area (Å²) in [6.45, 7) is 5.43. The molecule has 1 aromatic rings. The molecule has 0 aromatic heterocycles. The van der Waals surface area contributed by atoms with E-state index in [0.717, 1.165) is 35.8 Å². The molecule has 1 aliphatic heterocycles. The molecule has 1 aromatic carbocycles. The van der Waals surface area contributed by atoms with E-state index in [9.17, 15) is 0 Å². The minimum atomic E-state index is 0.395. The van der Waals surface area contributed by atoms with Crippen LogP contribution in [0.5, 0.6) is 0 Å². The Morgan fingerprint density at radius 2 is 2.39 bits per heavy atom. The summed E-state index contributed by atoms with van der Waals surface area (Å²) in [5.41, 5.74) is 7.58. The van der Waals surface area contributed by atoms with Crippen molar-refractivity contribution in [3.05, 3.63) is 34.3 Å². The standard InChI is InChI=1S/C13H17ClN2S2/c1-9-7-16(4-5-18-9)8-11-3-2-10(13(15)17)6-12(11)14/h2-3,6,9H,4-5,7-8H2,1H3,(H2,15,17). The monoisotopic (exact) mass is 300 g/mol. The molecule has 0 spiro atoms. The van der Waals surface area contributed by atoms with Crippen LogP contribution in [-0.2, 0) is 6.54 Å². The lowest BCUT2D eigenvalue weighted by atomic mass is 10.1. The molecular formula is C13H17ClN2S2. The van der Waals surface area contributed by atoms with E-state index in [4.69, 9.17) is 29.6 Å². The quantitative estimate of drug-likeness (QED) is 0.869. The van der Waals surface area contributed by atoms with Gasteiger partial charge < -0.3 is 5.73 Å². The van der Waals surface area contributed by atoms with Crippen LogP contribution >= 0.6 is 35.6 Å². The van der Waals surface area contributed by atoms with Crippen LogP contribution in [0.2, 0.25) is 5.02 Å². The molecular weight excluding hydrogens is 284 g/mol. The van der Waals surface area contributed by atoms with E-state index in [1.165, 1.54) is 5.75 Å². The Bertz CT molecular complexity index is 451. The van der Waals surface area contributed by atoms with Crippen molar-refractivity contribution in [2.45, 2.75) is 18.7 Å². The highest BCUT2D eigenvalue weighted by molar-refractivity contribution is 7.99. The average molecular weight is 301 g/mol. The van der Waals surface area contributed by atoms with Gasteiger partial charge in [-0.15, -0.1) is 0 Å². The summed E-state index contributed by atoms with van der Waals surface area (Å²) in [6.07, 6.45) is 0. The van der Waals surface area contributed by atoms with Gasteiger partial charge in [0, 0.05) is 41.2 Å². The minimum absolute atomic E-state index is 0.395. The lowest BCUT2D eigenvalue weighted by Gasteiger charge is -2.30. The van der Waals surface area contributed by atoms with Gasteiger partial charge in [-0.1, -0.05) is 42.9 Å². The first kappa shape index (κ1) is 14.1. The maximum absolute atomic E-state index is 6.28. The largest absolute Gasteiger partial charge is 0.389 e. The van der Waals surface area contributed by atoms with Crippen LogP contribution in [0.1, 0.15) is 18.1 Å². The number of hydrogen-bond donors (Lipinski definition) is 1. The van der Waals surface area contributed by atoms with Crippen LogP contribution < -0.4 is 5.73 Å². The number of nitrogens with two attached hydrogens (primary N) is 1. The molecule has 1 atom stereocenters. The number of rotatable bonds is 3. The molecule has 2 rings (SSSR count). The first-order chi connectivity index (χ1) is 8.56. The molecule has 1 unspecified atom stereocenters. The van der Waals surface area contributed by atoms with E-state index in [0.29, 0.717) is 10.2 Å². The molecule has 1 heterocycles. The van der Waals surface area contributed by atoms with Crippen molar-refractivity contribution >= 4 is 40.6 Å². The number of halogens is 1. The summed E-state index contributed by atoms with van der Waals surface area (Å²) in [5, 5.41) is 1.46. The lowest BCUT2D eigenvalue weighted by molar-refractivity contribution is 0.278. The summed E-state index contributed by atoms with van der Waals surface area (Å²) in [6, 6.07) is 5.84. The van der Waals surface area contributed by atoms with E-state index in [2.05, 4.69) is 11.8 Å². The highest BCUT2D eigenvalue weighted by Crippen LogP contribution is 2.23. The van der Waals surface area contributed by atoms with Crippen molar-refractivity contribution < 1.29 is 0 Å². The molecule has 18 heavy (non-hydrogen) atoms. The van der Waals surface area contributed by atoms with Gasteiger partial charge >= 0.3 is 0 Å². The maximum atomic E-state index is 6.28. The van der Waals surface area contributed by atoms with Gasteiger partial charge in [0.05, 0.1) is 0 Å². The Morgan fingerprint density at radius 1 is 1.61 bits per heavy atom. The van der Waals surface area contributed by atoms with Crippen molar-refractivity contribution in [3.8, 4) is 0 Å². The van der Waals surface area contributed by atoms with Crippen LogP contribution in [0, 0.1) is 0 Å². The van der Waals surface area contributed by atoms with Crippen LogP contribution in [0.25, 0.3) is 0 Å². The number of benzene rings is 1. The molecule has 1 fully saturated rings.